The molecule has 2 saturated heterocycles. The number of anilines is 1. The largest absolute Gasteiger partial charge is 0.378 e. The number of hydrogen-bond acceptors (Lipinski definition) is 5. The zero-order chi connectivity index (χ0) is 18.0. The first-order valence-electron chi connectivity index (χ1n) is 9.32. The second-order valence-electron chi connectivity index (χ2n) is 8.14. The molecular formula is C19H30N4O2. The Hall–Kier alpha value is -1.69. The van der Waals surface area contributed by atoms with Crippen LogP contribution in [0.4, 0.5) is 5.82 Å². The second-order valence-corrected chi connectivity index (χ2v) is 8.14. The van der Waals surface area contributed by atoms with E-state index in [1.807, 2.05) is 32.6 Å². The highest BCUT2D eigenvalue weighted by Gasteiger charge is 2.32. The molecule has 138 valence electrons. The summed E-state index contributed by atoms with van der Waals surface area (Å²) in [6.45, 7) is 12.8. The Morgan fingerprint density at radius 3 is 2.60 bits per heavy atom. The van der Waals surface area contributed by atoms with Gasteiger partial charge in [-0.3, -0.25) is 4.79 Å². The molecule has 2 fully saturated rings. The number of rotatable bonds is 2. The van der Waals surface area contributed by atoms with Gasteiger partial charge in [-0.05, 0) is 19.8 Å². The van der Waals surface area contributed by atoms with Crippen molar-refractivity contribution in [3.05, 3.63) is 17.6 Å². The topological polar surface area (TPSA) is 58.6 Å². The molecule has 1 aromatic rings. The Balaban J connectivity index is 1.78. The van der Waals surface area contributed by atoms with E-state index in [4.69, 9.17) is 9.72 Å². The van der Waals surface area contributed by atoms with Crippen LogP contribution in [0.1, 0.15) is 51.0 Å². The number of piperidine rings is 1. The van der Waals surface area contributed by atoms with Crippen molar-refractivity contribution in [2.75, 3.05) is 44.3 Å². The second kappa shape index (κ2) is 7.28. The molecule has 0 aromatic carbocycles. The van der Waals surface area contributed by atoms with E-state index in [9.17, 15) is 4.79 Å². The SMILES string of the molecule is Cc1nc([C@@H]2CCCN(C(=O)C(C)(C)C)C2)cc(N2CCOCC2)n1. The van der Waals surface area contributed by atoms with E-state index in [1.165, 1.54) is 0 Å². The van der Waals surface area contributed by atoms with E-state index in [-0.39, 0.29) is 11.3 Å². The lowest BCUT2D eigenvalue weighted by Crippen LogP contribution is -2.44. The van der Waals surface area contributed by atoms with Crippen molar-refractivity contribution in [1.82, 2.24) is 14.9 Å². The van der Waals surface area contributed by atoms with Crippen LogP contribution in [0.25, 0.3) is 0 Å². The molecule has 3 heterocycles. The van der Waals surface area contributed by atoms with Crippen LogP contribution in [0.2, 0.25) is 0 Å². The molecule has 0 unspecified atom stereocenters. The Labute approximate surface area is 150 Å². The molecule has 3 rings (SSSR count). The van der Waals surface area contributed by atoms with Crippen molar-refractivity contribution in [2.24, 2.45) is 5.41 Å². The third kappa shape index (κ3) is 4.29. The maximum atomic E-state index is 12.6. The summed E-state index contributed by atoms with van der Waals surface area (Å²) in [7, 11) is 0. The summed E-state index contributed by atoms with van der Waals surface area (Å²) in [4.78, 5) is 26.3. The van der Waals surface area contributed by atoms with Crippen LogP contribution in [-0.2, 0) is 9.53 Å². The van der Waals surface area contributed by atoms with Gasteiger partial charge >= 0.3 is 0 Å². The van der Waals surface area contributed by atoms with Gasteiger partial charge in [0.2, 0.25) is 5.91 Å². The highest BCUT2D eigenvalue weighted by Crippen LogP contribution is 2.30. The molecule has 0 aliphatic carbocycles. The first-order valence-corrected chi connectivity index (χ1v) is 9.32. The molecular weight excluding hydrogens is 316 g/mol. The summed E-state index contributed by atoms with van der Waals surface area (Å²) in [6, 6.07) is 2.12. The van der Waals surface area contributed by atoms with Gasteiger partial charge in [0.15, 0.2) is 0 Å². The fourth-order valence-corrected chi connectivity index (χ4v) is 3.62. The standard InChI is InChI=1S/C19H30N4O2/c1-14-20-16(12-17(21-14)22-8-10-25-11-9-22)15-6-5-7-23(13-15)18(24)19(2,3)4/h12,15H,5-11,13H2,1-4H3/t15-/m1/s1. The van der Waals surface area contributed by atoms with Crippen molar-refractivity contribution in [3.63, 3.8) is 0 Å². The zero-order valence-corrected chi connectivity index (χ0v) is 15.9. The molecule has 0 saturated carbocycles. The lowest BCUT2D eigenvalue weighted by Gasteiger charge is -2.36. The first kappa shape index (κ1) is 18.1. The number of carbonyl (C=O) groups excluding carboxylic acids is 1. The minimum absolute atomic E-state index is 0.233. The molecule has 1 amide bonds. The van der Waals surface area contributed by atoms with Gasteiger partial charge in [0.1, 0.15) is 11.6 Å². The molecule has 0 N–H and O–H groups in total. The zero-order valence-electron chi connectivity index (χ0n) is 15.9. The van der Waals surface area contributed by atoms with Gasteiger partial charge in [-0.2, -0.15) is 0 Å². The van der Waals surface area contributed by atoms with Gasteiger partial charge in [0.05, 0.1) is 18.9 Å². The van der Waals surface area contributed by atoms with Crippen molar-refractivity contribution in [3.8, 4) is 0 Å². The third-order valence-corrected chi connectivity index (χ3v) is 4.95. The van der Waals surface area contributed by atoms with Gasteiger partial charge in [0, 0.05) is 43.6 Å². The van der Waals surface area contributed by atoms with Gasteiger partial charge in [-0.15, -0.1) is 0 Å². The number of ether oxygens (including phenoxy) is 1. The predicted octanol–water partition coefficient (Wildman–Crippen LogP) is 2.37. The van der Waals surface area contributed by atoms with Crippen molar-refractivity contribution >= 4 is 11.7 Å². The van der Waals surface area contributed by atoms with Crippen molar-refractivity contribution in [1.29, 1.82) is 0 Å². The van der Waals surface area contributed by atoms with Gasteiger partial charge in [-0.1, -0.05) is 20.8 Å². The van der Waals surface area contributed by atoms with Gasteiger partial charge in [0.25, 0.3) is 0 Å². The van der Waals surface area contributed by atoms with Crippen LogP contribution < -0.4 is 4.90 Å². The quantitative estimate of drug-likeness (QED) is 0.823. The average molecular weight is 346 g/mol. The Morgan fingerprint density at radius 1 is 1.20 bits per heavy atom. The number of amides is 1. The molecule has 2 aliphatic rings. The number of carbonyl (C=O) groups is 1. The molecule has 0 spiro atoms. The fraction of sp³-hybridized carbons (Fsp3) is 0.737. The number of aryl methyl sites for hydroxylation is 1. The molecule has 6 heteroatoms. The molecule has 1 aromatic heterocycles. The highest BCUT2D eigenvalue weighted by molar-refractivity contribution is 5.81. The predicted molar refractivity (Wildman–Crippen MR) is 97.8 cm³/mol. The molecule has 0 radical (unpaired) electrons. The molecule has 1 atom stereocenters. The summed E-state index contributed by atoms with van der Waals surface area (Å²) in [5.41, 5.74) is 0.739. The monoisotopic (exact) mass is 346 g/mol. The number of nitrogens with zero attached hydrogens (tertiary/aromatic N) is 4. The average Bonchev–Trinajstić information content (AvgIpc) is 2.60. The van der Waals surface area contributed by atoms with E-state index in [0.29, 0.717) is 5.92 Å². The maximum absolute atomic E-state index is 12.6. The van der Waals surface area contributed by atoms with E-state index < -0.39 is 0 Å². The molecule has 2 aliphatic heterocycles. The van der Waals surface area contributed by atoms with E-state index in [1.54, 1.807) is 0 Å². The van der Waals surface area contributed by atoms with Gasteiger partial charge < -0.3 is 14.5 Å². The number of morpholine rings is 1. The lowest BCUT2D eigenvalue weighted by molar-refractivity contribution is -0.140. The first-order chi connectivity index (χ1) is 11.8. The van der Waals surface area contributed by atoms with Crippen molar-refractivity contribution < 1.29 is 9.53 Å². The van der Waals surface area contributed by atoms with Crippen molar-refractivity contribution in [2.45, 2.75) is 46.5 Å². The van der Waals surface area contributed by atoms with Crippen LogP contribution in [-0.4, -0.2) is 60.2 Å². The van der Waals surface area contributed by atoms with Crippen LogP contribution >= 0.6 is 0 Å². The minimum atomic E-state index is -0.331. The number of aromatic nitrogens is 2. The Bertz CT molecular complexity index is 620. The normalized spacial score (nSPS) is 22.2. The van der Waals surface area contributed by atoms with Crippen LogP contribution in [0.3, 0.4) is 0 Å². The smallest absolute Gasteiger partial charge is 0.227 e. The molecule has 25 heavy (non-hydrogen) atoms. The van der Waals surface area contributed by atoms with Crippen LogP contribution in [0.15, 0.2) is 6.07 Å². The van der Waals surface area contributed by atoms with E-state index >= 15 is 0 Å². The van der Waals surface area contributed by atoms with Crippen LogP contribution in [0, 0.1) is 12.3 Å². The number of likely N-dealkylation sites (tertiary alicyclic amines) is 1. The molecule has 0 bridgehead atoms. The summed E-state index contributed by atoms with van der Waals surface area (Å²) >= 11 is 0. The summed E-state index contributed by atoms with van der Waals surface area (Å²) < 4.78 is 5.44. The summed E-state index contributed by atoms with van der Waals surface area (Å²) in [5.74, 6) is 2.32. The van der Waals surface area contributed by atoms with Gasteiger partial charge in [-0.25, -0.2) is 9.97 Å². The highest BCUT2D eigenvalue weighted by atomic mass is 16.5. The Kier molecular flexibility index (Phi) is 5.27. The molecule has 6 nitrogen and oxygen atoms in total. The maximum Gasteiger partial charge on any atom is 0.227 e. The lowest BCUT2D eigenvalue weighted by atomic mass is 9.90. The Morgan fingerprint density at radius 2 is 1.92 bits per heavy atom. The third-order valence-electron chi connectivity index (χ3n) is 4.95. The summed E-state index contributed by atoms with van der Waals surface area (Å²) in [5, 5.41) is 0. The fourth-order valence-electron chi connectivity index (χ4n) is 3.62. The van der Waals surface area contributed by atoms with E-state index in [2.05, 4.69) is 16.0 Å². The van der Waals surface area contributed by atoms with Crippen LogP contribution in [0.5, 0.6) is 0 Å². The van der Waals surface area contributed by atoms with E-state index in [0.717, 1.165) is 69.6 Å². The minimum Gasteiger partial charge on any atom is -0.378 e. The summed E-state index contributed by atoms with van der Waals surface area (Å²) in [6.07, 6.45) is 2.11. The number of hydrogen-bond donors (Lipinski definition) is 0.